The van der Waals surface area contributed by atoms with E-state index in [0.29, 0.717) is 18.5 Å². The summed E-state index contributed by atoms with van der Waals surface area (Å²) in [5.41, 5.74) is 0.153. The van der Waals surface area contributed by atoms with E-state index < -0.39 is 5.82 Å². The molecule has 4 rings (SSSR count). The third-order valence-corrected chi connectivity index (χ3v) is 4.99. The summed E-state index contributed by atoms with van der Waals surface area (Å²) in [6.45, 7) is 3.46. The first-order chi connectivity index (χ1) is 11.6. The number of pyridine rings is 1. The first-order valence-electron chi connectivity index (χ1n) is 8.11. The summed E-state index contributed by atoms with van der Waals surface area (Å²) >= 11 is 0. The fraction of sp³-hybridized carbons (Fsp3) is 0.471. The van der Waals surface area contributed by atoms with E-state index in [1.165, 1.54) is 12.4 Å². The molecule has 2 aromatic heterocycles. The van der Waals surface area contributed by atoms with Gasteiger partial charge in [0.2, 0.25) is 5.95 Å². The average Bonchev–Trinajstić information content (AvgIpc) is 2.90. The van der Waals surface area contributed by atoms with Gasteiger partial charge < -0.3 is 9.64 Å². The van der Waals surface area contributed by atoms with E-state index in [1.54, 1.807) is 12.4 Å². The van der Waals surface area contributed by atoms with Crippen LogP contribution in [-0.2, 0) is 0 Å². The molecular formula is C17H20FN5O. The van der Waals surface area contributed by atoms with E-state index in [4.69, 9.17) is 4.74 Å². The quantitative estimate of drug-likeness (QED) is 0.849. The van der Waals surface area contributed by atoms with Crippen LogP contribution in [0.2, 0.25) is 0 Å². The van der Waals surface area contributed by atoms with Crippen LogP contribution in [0.1, 0.15) is 6.42 Å². The van der Waals surface area contributed by atoms with Gasteiger partial charge in [-0.2, -0.15) is 0 Å². The van der Waals surface area contributed by atoms with Crippen LogP contribution in [0.4, 0.5) is 10.3 Å². The lowest BCUT2D eigenvalue weighted by Crippen LogP contribution is -2.67. The smallest absolute Gasteiger partial charge is 0.225 e. The highest BCUT2D eigenvalue weighted by Crippen LogP contribution is 2.40. The molecule has 1 spiro atoms. The highest BCUT2D eigenvalue weighted by molar-refractivity contribution is 5.38. The molecule has 0 bridgehead atoms. The number of anilines is 1. The molecule has 126 valence electrons. The Morgan fingerprint density at radius 2 is 2.08 bits per heavy atom. The standard InChI is InChI=1S/C17H20FN5O/c1-22-9-13(10-24-15-3-2-4-19-8-15)5-17(22)11-23(12-17)16-20-6-14(18)7-21-16/h2-4,6-8,13H,5,9-12H2,1H3/t13-/m0/s1. The van der Waals surface area contributed by atoms with Gasteiger partial charge in [0, 0.05) is 31.7 Å². The van der Waals surface area contributed by atoms with E-state index in [-0.39, 0.29) is 5.54 Å². The summed E-state index contributed by atoms with van der Waals surface area (Å²) < 4.78 is 18.8. The monoisotopic (exact) mass is 329 g/mol. The molecule has 2 fully saturated rings. The maximum Gasteiger partial charge on any atom is 0.225 e. The molecule has 2 aromatic rings. The summed E-state index contributed by atoms with van der Waals surface area (Å²) in [4.78, 5) is 16.7. The van der Waals surface area contributed by atoms with Crippen LogP contribution >= 0.6 is 0 Å². The van der Waals surface area contributed by atoms with Gasteiger partial charge in [0.15, 0.2) is 5.82 Å². The molecule has 0 saturated carbocycles. The number of halogens is 1. The van der Waals surface area contributed by atoms with Crippen molar-refractivity contribution < 1.29 is 9.13 Å². The number of hydrogen-bond acceptors (Lipinski definition) is 6. The summed E-state index contributed by atoms with van der Waals surface area (Å²) in [6.07, 6.45) is 7.00. The molecule has 0 unspecified atom stereocenters. The first-order valence-corrected chi connectivity index (χ1v) is 8.11. The van der Waals surface area contributed by atoms with Crippen LogP contribution in [0.3, 0.4) is 0 Å². The van der Waals surface area contributed by atoms with Crippen molar-refractivity contribution in [3.63, 3.8) is 0 Å². The summed E-state index contributed by atoms with van der Waals surface area (Å²) in [6, 6.07) is 3.81. The predicted octanol–water partition coefficient (Wildman–Crippen LogP) is 1.60. The van der Waals surface area contributed by atoms with Gasteiger partial charge in [0.1, 0.15) is 5.75 Å². The minimum absolute atomic E-state index is 0.153. The molecule has 0 aliphatic carbocycles. The zero-order valence-corrected chi connectivity index (χ0v) is 13.6. The molecule has 4 heterocycles. The number of rotatable bonds is 4. The lowest BCUT2D eigenvalue weighted by atomic mass is 9.85. The zero-order chi connectivity index (χ0) is 16.6. The third kappa shape index (κ3) is 2.80. The first kappa shape index (κ1) is 15.3. The lowest BCUT2D eigenvalue weighted by molar-refractivity contribution is 0.131. The van der Waals surface area contributed by atoms with E-state index in [0.717, 1.165) is 31.8 Å². The van der Waals surface area contributed by atoms with Gasteiger partial charge in [0.05, 0.1) is 30.7 Å². The predicted molar refractivity (Wildman–Crippen MR) is 87.4 cm³/mol. The maximum atomic E-state index is 12.9. The van der Waals surface area contributed by atoms with Gasteiger partial charge in [-0.3, -0.25) is 9.88 Å². The Labute approximate surface area is 140 Å². The van der Waals surface area contributed by atoms with E-state index in [2.05, 4.69) is 31.8 Å². The molecular weight excluding hydrogens is 309 g/mol. The van der Waals surface area contributed by atoms with Crippen molar-refractivity contribution in [3.8, 4) is 5.75 Å². The van der Waals surface area contributed by atoms with Gasteiger partial charge in [-0.1, -0.05) is 0 Å². The Morgan fingerprint density at radius 3 is 2.79 bits per heavy atom. The zero-order valence-electron chi connectivity index (χ0n) is 13.6. The molecule has 2 saturated heterocycles. The summed E-state index contributed by atoms with van der Waals surface area (Å²) in [5.74, 6) is 1.51. The second kappa shape index (κ2) is 5.98. The molecule has 2 aliphatic heterocycles. The molecule has 0 amide bonds. The Hall–Kier alpha value is -2.28. The van der Waals surface area contributed by atoms with E-state index in [1.807, 2.05) is 12.1 Å². The minimum Gasteiger partial charge on any atom is -0.492 e. The van der Waals surface area contributed by atoms with E-state index >= 15 is 0 Å². The molecule has 2 aliphatic rings. The fourth-order valence-corrected chi connectivity index (χ4v) is 3.74. The van der Waals surface area contributed by atoms with Crippen LogP contribution < -0.4 is 9.64 Å². The third-order valence-electron chi connectivity index (χ3n) is 4.99. The van der Waals surface area contributed by atoms with Crippen LogP contribution in [0.25, 0.3) is 0 Å². The second-order valence-electron chi connectivity index (χ2n) is 6.73. The van der Waals surface area contributed by atoms with Crippen molar-refractivity contribution in [1.82, 2.24) is 19.9 Å². The second-order valence-corrected chi connectivity index (χ2v) is 6.73. The number of nitrogens with zero attached hydrogens (tertiary/aromatic N) is 5. The molecule has 0 radical (unpaired) electrons. The van der Waals surface area contributed by atoms with E-state index in [9.17, 15) is 4.39 Å². The molecule has 0 N–H and O–H groups in total. The van der Waals surface area contributed by atoms with Crippen LogP contribution in [0.5, 0.6) is 5.75 Å². The van der Waals surface area contributed by atoms with Gasteiger partial charge in [-0.05, 0) is 25.6 Å². The van der Waals surface area contributed by atoms with Gasteiger partial charge >= 0.3 is 0 Å². The number of ether oxygens (including phenoxy) is 1. The minimum atomic E-state index is -0.403. The van der Waals surface area contributed by atoms with Crippen molar-refractivity contribution in [1.29, 1.82) is 0 Å². The number of aromatic nitrogens is 3. The molecule has 6 nitrogen and oxygen atoms in total. The van der Waals surface area contributed by atoms with Crippen molar-refractivity contribution in [2.45, 2.75) is 12.0 Å². The van der Waals surface area contributed by atoms with Crippen molar-refractivity contribution in [3.05, 3.63) is 42.7 Å². The molecule has 7 heteroatoms. The van der Waals surface area contributed by atoms with Crippen LogP contribution in [0, 0.1) is 11.7 Å². The number of hydrogen-bond donors (Lipinski definition) is 0. The average molecular weight is 329 g/mol. The number of likely N-dealkylation sites (N-methyl/N-ethyl adjacent to an activating group) is 1. The molecule has 1 atom stereocenters. The normalized spacial score (nSPS) is 22.6. The van der Waals surface area contributed by atoms with Crippen molar-refractivity contribution in [2.24, 2.45) is 5.92 Å². The molecule has 0 aromatic carbocycles. The van der Waals surface area contributed by atoms with Gasteiger partial charge in [-0.25, -0.2) is 14.4 Å². The Morgan fingerprint density at radius 1 is 1.29 bits per heavy atom. The number of likely N-dealkylation sites (tertiary alicyclic amines) is 1. The fourth-order valence-electron chi connectivity index (χ4n) is 3.74. The highest BCUT2D eigenvalue weighted by Gasteiger charge is 2.52. The topological polar surface area (TPSA) is 54.4 Å². The Bertz CT molecular complexity index is 690. The van der Waals surface area contributed by atoms with Crippen LogP contribution in [-0.4, -0.2) is 58.7 Å². The summed E-state index contributed by atoms with van der Waals surface area (Å²) in [7, 11) is 2.16. The Kier molecular flexibility index (Phi) is 3.80. The maximum absolute atomic E-state index is 12.9. The summed E-state index contributed by atoms with van der Waals surface area (Å²) in [5, 5.41) is 0. The highest BCUT2D eigenvalue weighted by atomic mass is 19.1. The van der Waals surface area contributed by atoms with Crippen molar-refractivity contribution in [2.75, 3.05) is 38.2 Å². The molecule has 24 heavy (non-hydrogen) atoms. The van der Waals surface area contributed by atoms with Gasteiger partial charge in [-0.15, -0.1) is 0 Å². The largest absolute Gasteiger partial charge is 0.492 e. The SMILES string of the molecule is CN1C[C@@H](COc2cccnc2)CC12CN(c1ncc(F)cn1)C2. The van der Waals surface area contributed by atoms with Crippen molar-refractivity contribution >= 4 is 5.95 Å². The van der Waals surface area contributed by atoms with Gasteiger partial charge in [0.25, 0.3) is 0 Å². The van der Waals surface area contributed by atoms with Crippen LogP contribution in [0.15, 0.2) is 36.9 Å². The Balaban J connectivity index is 1.34. The lowest BCUT2D eigenvalue weighted by Gasteiger charge is -2.51.